The monoisotopic (exact) mass is 433 g/mol. The fraction of sp³-hybridized carbons (Fsp3) is 0.750. The topological polar surface area (TPSA) is 87.6 Å². The predicted molar refractivity (Wildman–Crippen MR) is 114 cm³/mol. The molecule has 156 valence electrons. The Morgan fingerprint density at radius 2 is 2.10 bits per heavy atom. The molecule has 1 aromatic heterocycles. The number of amides is 2. The number of nitrogens with zero attached hydrogens (tertiary/aromatic N) is 4. The number of hydrogen-bond acceptors (Lipinski definition) is 7. The number of hydrogen-bond donors (Lipinski definition) is 1. The van der Waals surface area contributed by atoms with Crippen molar-refractivity contribution in [1.82, 2.24) is 19.8 Å². The van der Waals surface area contributed by atoms with E-state index in [-0.39, 0.29) is 11.8 Å². The van der Waals surface area contributed by atoms with Crippen molar-refractivity contribution in [2.75, 3.05) is 13.1 Å². The van der Waals surface area contributed by atoms with Crippen LogP contribution in [-0.4, -0.2) is 55.3 Å². The molecule has 2 amide bonds. The Labute approximate surface area is 179 Å². The van der Waals surface area contributed by atoms with Gasteiger partial charge in [0.05, 0.1) is 0 Å². The van der Waals surface area contributed by atoms with Crippen molar-refractivity contribution in [3.8, 4) is 0 Å². The molecule has 5 rings (SSSR count). The molecule has 4 aliphatic rings. The SMILES string of the molecule is CC1(CC2CCN(C(=O)c3csnn3)CC2)SC(N[C@H]2C[C@H]3CC[C@H]2C3)=NC1=O. The number of piperidine rings is 1. The fourth-order valence-corrected chi connectivity index (χ4v) is 7.22. The van der Waals surface area contributed by atoms with Crippen LogP contribution in [0.1, 0.15) is 62.4 Å². The van der Waals surface area contributed by atoms with E-state index in [1.807, 2.05) is 11.8 Å². The van der Waals surface area contributed by atoms with Gasteiger partial charge >= 0.3 is 0 Å². The van der Waals surface area contributed by atoms with Crippen LogP contribution in [0.5, 0.6) is 0 Å². The number of thioether (sulfide) groups is 1. The van der Waals surface area contributed by atoms with Gasteiger partial charge in [-0.1, -0.05) is 22.7 Å². The van der Waals surface area contributed by atoms with Crippen molar-refractivity contribution in [3.05, 3.63) is 11.1 Å². The molecule has 3 fully saturated rings. The number of likely N-dealkylation sites (tertiary alicyclic amines) is 1. The van der Waals surface area contributed by atoms with Crippen LogP contribution in [0.15, 0.2) is 10.4 Å². The molecule has 1 unspecified atom stereocenters. The van der Waals surface area contributed by atoms with Crippen molar-refractivity contribution >= 4 is 40.3 Å². The summed E-state index contributed by atoms with van der Waals surface area (Å²) in [7, 11) is 0. The molecule has 4 atom stereocenters. The second-order valence-electron chi connectivity index (χ2n) is 9.21. The van der Waals surface area contributed by atoms with Crippen LogP contribution >= 0.6 is 23.3 Å². The van der Waals surface area contributed by atoms with E-state index in [4.69, 9.17) is 0 Å². The van der Waals surface area contributed by atoms with Crippen molar-refractivity contribution in [1.29, 1.82) is 0 Å². The van der Waals surface area contributed by atoms with E-state index in [9.17, 15) is 9.59 Å². The summed E-state index contributed by atoms with van der Waals surface area (Å²) in [6.45, 7) is 3.47. The van der Waals surface area contributed by atoms with Gasteiger partial charge in [0.25, 0.3) is 11.8 Å². The number of fused-ring (bicyclic) bond motifs is 2. The standard InChI is InChI=1S/C20H27N5O2S2/c1-20(10-12-4-6-25(7-5-12)17(26)16-11-28-24-23-16)18(27)22-19(29-20)21-15-9-13-2-3-14(15)8-13/h11-15H,2-10H2,1H3,(H,21,22,27)/t13-,14-,15-,20?/m0/s1. The lowest BCUT2D eigenvalue weighted by molar-refractivity contribution is -0.119. The Morgan fingerprint density at radius 3 is 2.76 bits per heavy atom. The van der Waals surface area contributed by atoms with E-state index in [1.165, 1.54) is 37.2 Å². The van der Waals surface area contributed by atoms with Crippen molar-refractivity contribution in [3.63, 3.8) is 0 Å². The number of carbonyl (C=O) groups is 2. The van der Waals surface area contributed by atoms with Crippen LogP contribution in [0.2, 0.25) is 0 Å². The zero-order valence-electron chi connectivity index (χ0n) is 16.7. The number of nitrogens with one attached hydrogen (secondary N) is 1. The Balaban J connectivity index is 1.13. The van der Waals surface area contributed by atoms with Crippen LogP contribution < -0.4 is 5.32 Å². The molecule has 2 bridgehead atoms. The zero-order chi connectivity index (χ0) is 20.0. The van der Waals surface area contributed by atoms with Gasteiger partial charge in [0.15, 0.2) is 10.9 Å². The van der Waals surface area contributed by atoms with Crippen molar-refractivity contribution < 1.29 is 9.59 Å². The molecule has 3 heterocycles. The summed E-state index contributed by atoms with van der Waals surface area (Å²) in [5.74, 6) is 2.04. The van der Waals surface area contributed by atoms with Gasteiger partial charge in [-0.2, -0.15) is 4.99 Å². The molecule has 1 N–H and O–H groups in total. The highest BCUT2D eigenvalue weighted by molar-refractivity contribution is 8.16. The molecule has 2 aliphatic carbocycles. The minimum atomic E-state index is -0.477. The van der Waals surface area contributed by atoms with Gasteiger partial charge in [-0.25, -0.2) is 0 Å². The van der Waals surface area contributed by atoms with Gasteiger partial charge in [0.2, 0.25) is 0 Å². The summed E-state index contributed by atoms with van der Waals surface area (Å²) in [4.78, 5) is 31.4. The van der Waals surface area contributed by atoms with Crippen LogP contribution in [-0.2, 0) is 4.79 Å². The van der Waals surface area contributed by atoms with E-state index in [1.54, 1.807) is 17.1 Å². The highest BCUT2D eigenvalue weighted by Crippen LogP contribution is 2.46. The molecule has 0 radical (unpaired) electrons. The number of aromatic nitrogens is 2. The molecule has 0 spiro atoms. The molecular formula is C20H27N5O2S2. The first-order valence-corrected chi connectivity index (χ1v) is 12.3. The van der Waals surface area contributed by atoms with Gasteiger partial charge in [-0.15, -0.1) is 5.10 Å². The molecule has 2 aliphatic heterocycles. The summed E-state index contributed by atoms with van der Waals surface area (Å²) >= 11 is 2.83. The third-order valence-corrected chi connectivity index (χ3v) is 8.88. The number of carbonyl (C=O) groups excluding carboxylic acids is 2. The summed E-state index contributed by atoms with van der Waals surface area (Å²) in [6.07, 6.45) is 7.93. The van der Waals surface area contributed by atoms with Crippen LogP contribution in [0.3, 0.4) is 0 Å². The minimum absolute atomic E-state index is 0.000194. The van der Waals surface area contributed by atoms with Crippen LogP contribution in [0.25, 0.3) is 0 Å². The first-order valence-electron chi connectivity index (χ1n) is 10.7. The first-order chi connectivity index (χ1) is 14.0. The van der Waals surface area contributed by atoms with Gasteiger partial charge in [-0.3, -0.25) is 9.59 Å². The van der Waals surface area contributed by atoms with Crippen LogP contribution in [0, 0.1) is 17.8 Å². The summed E-state index contributed by atoms with van der Waals surface area (Å²) in [5.41, 5.74) is 0.437. The molecule has 7 nitrogen and oxygen atoms in total. The third kappa shape index (κ3) is 3.83. The van der Waals surface area contributed by atoms with Crippen molar-refractivity contribution in [2.45, 2.75) is 62.7 Å². The second-order valence-corrected chi connectivity index (χ2v) is 11.3. The number of aliphatic imine (C=N–C) groups is 1. The largest absolute Gasteiger partial charge is 0.361 e. The molecule has 2 saturated carbocycles. The van der Waals surface area contributed by atoms with Gasteiger partial charge in [0.1, 0.15) is 4.75 Å². The predicted octanol–water partition coefficient (Wildman–Crippen LogP) is 2.95. The summed E-state index contributed by atoms with van der Waals surface area (Å²) in [5, 5.41) is 10.0. The second kappa shape index (κ2) is 7.65. The smallest absolute Gasteiger partial charge is 0.275 e. The van der Waals surface area contributed by atoms with Crippen molar-refractivity contribution in [2.24, 2.45) is 22.7 Å². The normalized spacial score (nSPS) is 34.7. The fourth-order valence-electron chi connectivity index (χ4n) is 5.57. The molecule has 1 aromatic rings. The number of amidine groups is 1. The summed E-state index contributed by atoms with van der Waals surface area (Å²) in [6, 6.07) is 0.504. The van der Waals surface area contributed by atoms with E-state index in [2.05, 4.69) is 19.9 Å². The highest BCUT2D eigenvalue weighted by Gasteiger charge is 2.46. The van der Waals surface area contributed by atoms with Crippen LogP contribution in [0.4, 0.5) is 0 Å². The Morgan fingerprint density at radius 1 is 1.28 bits per heavy atom. The van der Waals surface area contributed by atoms with E-state index in [0.29, 0.717) is 30.7 Å². The lowest BCUT2D eigenvalue weighted by atomic mass is 9.87. The van der Waals surface area contributed by atoms with E-state index < -0.39 is 4.75 Å². The first kappa shape index (κ1) is 19.5. The van der Waals surface area contributed by atoms with E-state index >= 15 is 0 Å². The number of rotatable bonds is 4. The maximum atomic E-state index is 12.7. The van der Waals surface area contributed by atoms with Gasteiger partial charge in [-0.05, 0) is 74.7 Å². The quantitative estimate of drug-likeness (QED) is 0.786. The molecule has 9 heteroatoms. The maximum absolute atomic E-state index is 12.7. The average Bonchev–Trinajstić information content (AvgIpc) is 3.48. The molecular weight excluding hydrogens is 406 g/mol. The third-order valence-electron chi connectivity index (χ3n) is 7.18. The average molecular weight is 434 g/mol. The summed E-state index contributed by atoms with van der Waals surface area (Å²) < 4.78 is 3.30. The van der Waals surface area contributed by atoms with Gasteiger partial charge < -0.3 is 10.2 Å². The lowest BCUT2D eigenvalue weighted by Crippen LogP contribution is -2.41. The molecule has 29 heavy (non-hydrogen) atoms. The van der Waals surface area contributed by atoms with E-state index in [0.717, 1.165) is 36.3 Å². The maximum Gasteiger partial charge on any atom is 0.275 e. The Hall–Kier alpha value is -1.48. The highest BCUT2D eigenvalue weighted by atomic mass is 32.2. The Bertz CT molecular complexity index is 821. The Kier molecular flexibility index (Phi) is 5.14. The lowest BCUT2D eigenvalue weighted by Gasteiger charge is -2.34. The zero-order valence-corrected chi connectivity index (χ0v) is 18.3. The van der Waals surface area contributed by atoms with Gasteiger partial charge in [0, 0.05) is 24.5 Å². The molecule has 0 aromatic carbocycles. The minimum Gasteiger partial charge on any atom is -0.361 e. The molecule has 1 saturated heterocycles.